The van der Waals surface area contributed by atoms with E-state index in [-0.39, 0.29) is 0 Å². The fourth-order valence-electron chi connectivity index (χ4n) is 2.62. The highest BCUT2D eigenvalue weighted by Crippen LogP contribution is 2.33. The largest absolute Gasteiger partial charge is 0.493 e. The van der Waals surface area contributed by atoms with E-state index in [4.69, 9.17) is 18.9 Å². The molecule has 1 aromatic heterocycles. The second-order valence-electron chi connectivity index (χ2n) is 5.43. The van der Waals surface area contributed by atoms with Crippen LogP contribution in [-0.2, 0) is 0 Å². The molecule has 0 aliphatic heterocycles. The summed E-state index contributed by atoms with van der Waals surface area (Å²) in [6.07, 6.45) is 3.46. The maximum Gasteiger partial charge on any atom is 0.161 e. The molecule has 0 spiro atoms. The lowest BCUT2D eigenvalue weighted by Gasteiger charge is -2.10. The van der Waals surface area contributed by atoms with Crippen molar-refractivity contribution in [3.8, 4) is 45.5 Å². The number of hydrogen-bond acceptors (Lipinski definition) is 6. The summed E-state index contributed by atoms with van der Waals surface area (Å²) < 4.78 is 21.2. The van der Waals surface area contributed by atoms with Gasteiger partial charge in [0.2, 0.25) is 0 Å². The van der Waals surface area contributed by atoms with Crippen molar-refractivity contribution in [2.45, 2.75) is 0 Å². The van der Waals surface area contributed by atoms with E-state index in [1.54, 1.807) is 40.8 Å². The van der Waals surface area contributed by atoms with E-state index >= 15 is 0 Å². The predicted octanol–water partition coefficient (Wildman–Crippen LogP) is 3.85. The zero-order valence-corrected chi connectivity index (χ0v) is 15.1. The lowest BCUT2D eigenvalue weighted by Crippen LogP contribution is -1.94. The number of hydrogen-bond donors (Lipinski definition) is 0. The molecule has 0 amide bonds. The molecule has 0 saturated carbocycles. The van der Waals surface area contributed by atoms with Crippen LogP contribution in [0.5, 0.6) is 23.0 Å². The molecule has 0 saturated heterocycles. The second kappa shape index (κ2) is 7.74. The Balaban J connectivity index is 1.92. The molecule has 3 rings (SSSR count). The number of methoxy groups -OCH3 is 4. The minimum atomic E-state index is 0.649. The van der Waals surface area contributed by atoms with Crippen LogP contribution in [0.4, 0.5) is 0 Å². The topological polar surface area (TPSA) is 62.7 Å². The maximum atomic E-state index is 5.34. The number of ether oxygens (including phenoxy) is 4. The van der Waals surface area contributed by atoms with Gasteiger partial charge in [-0.3, -0.25) is 9.97 Å². The van der Waals surface area contributed by atoms with E-state index < -0.39 is 0 Å². The first kappa shape index (κ1) is 17.5. The van der Waals surface area contributed by atoms with Gasteiger partial charge in [-0.2, -0.15) is 0 Å². The third kappa shape index (κ3) is 3.39. The highest BCUT2D eigenvalue weighted by molar-refractivity contribution is 5.67. The molecule has 0 bridgehead atoms. The van der Waals surface area contributed by atoms with E-state index in [1.165, 1.54) is 0 Å². The monoisotopic (exact) mass is 352 g/mol. The fourth-order valence-corrected chi connectivity index (χ4v) is 2.62. The van der Waals surface area contributed by atoms with Crippen LogP contribution in [0.2, 0.25) is 0 Å². The van der Waals surface area contributed by atoms with E-state index in [0.717, 1.165) is 22.5 Å². The Hall–Kier alpha value is -3.28. The quantitative estimate of drug-likeness (QED) is 0.672. The van der Waals surface area contributed by atoms with Gasteiger partial charge in [0, 0.05) is 11.1 Å². The van der Waals surface area contributed by atoms with Gasteiger partial charge in [0.25, 0.3) is 0 Å². The first-order valence-electron chi connectivity index (χ1n) is 7.97. The molecule has 0 aliphatic carbocycles. The van der Waals surface area contributed by atoms with Gasteiger partial charge < -0.3 is 18.9 Å². The molecule has 134 valence electrons. The van der Waals surface area contributed by atoms with Gasteiger partial charge in [-0.15, -0.1) is 0 Å². The first-order valence-corrected chi connectivity index (χ1v) is 7.97. The van der Waals surface area contributed by atoms with Crippen LogP contribution in [0.15, 0.2) is 48.8 Å². The molecule has 26 heavy (non-hydrogen) atoms. The van der Waals surface area contributed by atoms with Crippen LogP contribution >= 0.6 is 0 Å². The van der Waals surface area contributed by atoms with Crippen molar-refractivity contribution in [1.29, 1.82) is 0 Å². The summed E-state index contributed by atoms with van der Waals surface area (Å²) in [5, 5.41) is 0. The second-order valence-corrected chi connectivity index (χ2v) is 5.43. The summed E-state index contributed by atoms with van der Waals surface area (Å²) in [5.74, 6) is 2.64. The predicted molar refractivity (Wildman–Crippen MR) is 99.1 cm³/mol. The zero-order chi connectivity index (χ0) is 18.5. The van der Waals surface area contributed by atoms with Gasteiger partial charge in [-0.05, 0) is 36.4 Å². The molecule has 6 heteroatoms. The Kier molecular flexibility index (Phi) is 5.22. The summed E-state index contributed by atoms with van der Waals surface area (Å²) in [6, 6.07) is 11.3. The number of benzene rings is 2. The molecule has 0 N–H and O–H groups in total. The van der Waals surface area contributed by atoms with E-state index in [0.29, 0.717) is 23.0 Å². The van der Waals surface area contributed by atoms with Crippen molar-refractivity contribution in [3.63, 3.8) is 0 Å². The van der Waals surface area contributed by atoms with Crippen molar-refractivity contribution < 1.29 is 18.9 Å². The molecule has 2 aromatic carbocycles. The van der Waals surface area contributed by atoms with Gasteiger partial charge in [-0.1, -0.05) is 0 Å². The van der Waals surface area contributed by atoms with Gasteiger partial charge in [0.05, 0.1) is 52.2 Å². The van der Waals surface area contributed by atoms with Crippen molar-refractivity contribution in [3.05, 3.63) is 48.8 Å². The van der Waals surface area contributed by atoms with Gasteiger partial charge >= 0.3 is 0 Å². The molecule has 0 aliphatic rings. The number of nitrogens with zero attached hydrogens (tertiary/aromatic N) is 2. The van der Waals surface area contributed by atoms with Gasteiger partial charge in [-0.25, -0.2) is 0 Å². The average molecular weight is 352 g/mol. The summed E-state index contributed by atoms with van der Waals surface area (Å²) >= 11 is 0. The third-order valence-electron chi connectivity index (χ3n) is 4.01. The Bertz CT molecular complexity index is 820. The number of rotatable bonds is 6. The molecular formula is C20H20N2O4. The Morgan fingerprint density at radius 2 is 0.923 bits per heavy atom. The summed E-state index contributed by atoms with van der Waals surface area (Å²) in [5.41, 5.74) is 3.29. The molecule has 0 radical (unpaired) electrons. The highest BCUT2D eigenvalue weighted by Gasteiger charge is 2.10. The molecule has 0 fully saturated rings. The normalized spacial score (nSPS) is 10.3. The molecule has 6 nitrogen and oxygen atoms in total. The molecule has 3 aromatic rings. The minimum Gasteiger partial charge on any atom is -0.493 e. The van der Waals surface area contributed by atoms with Crippen molar-refractivity contribution in [2.75, 3.05) is 28.4 Å². The molecule has 0 atom stereocenters. The third-order valence-corrected chi connectivity index (χ3v) is 4.01. The summed E-state index contributed by atoms with van der Waals surface area (Å²) in [7, 11) is 6.42. The highest BCUT2D eigenvalue weighted by atomic mass is 16.5. The average Bonchev–Trinajstić information content (AvgIpc) is 2.72. The molecular weight excluding hydrogens is 332 g/mol. The summed E-state index contributed by atoms with van der Waals surface area (Å²) in [6.45, 7) is 0. The maximum absolute atomic E-state index is 5.34. The Morgan fingerprint density at radius 3 is 1.23 bits per heavy atom. The minimum absolute atomic E-state index is 0.649. The van der Waals surface area contributed by atoms with Crippen LogP contribution in [-0.4, -0.2) is 38.4 Å². The number of aromatic nitrogens is 2. The van der Waals surface area contributed by atoms with Crippen LogP contribution in [0, 0.1) is 0 Å². The van der Waals surface area contributed by atoms with Crippen molar-refractivity contribution >= 4 is 0 Å². The van der Waals surface area contributed by atoms with E-state index in [1.807, 2.05) is 36.4 Å². The fraction of sp³-hybridized carbons (Fsp3) is 0.200. The van der Waals surface area contributed by atoms with Gasteiger partial charge in [0.15, 0.2) is 23.0 Å². The molecule has 1 heterocycles. The van der Waals surface area contributed by atoms with Crippen LogP contribution in [0.3, 0.4) is 0 Å². The van der Waals surface area contributed by atoms with Crippen LogP contribution < -0.4 is 18.9 Å². The zero-order valence-electron chi connectivity index (χ0n) is 15.1. The van der Waals surface area contributed by atoms with Crippen molar-refractivity contribution in [1.82, 2.24) is 9.97 Å². The standard InChI is InChI=1S/C20H20N2O4/c1-23-17-7-5-13(9-19(17)25-3)15-11-22-16(12-21-15)14-6-8-18(24-2)20(10-14)26-4/h5-12H,1-4H3. The van der Waals surface area contributed by atoms with E-state index in [2.05, 4.69) is 9.97 Å². The van der Waals surface area contributed by atoms with E-state index in [9.17, 15) is 0 Å². The molecule has 0 unspecified atom stereocenters. The van der Waals surface area contributed by atoms with Crippen molar-refractivity contribution in [2.24, 2.45) is 0 Å². The Labute approximate surface area is 152 Å². The lowest BCUT2D eigenvalue weighted by atomic mass is 10.1. The van der Waals surface area contributed by atoms with Crippen LogP contribution in [0.25, 0.3) is 22.5 Å². The smallest absolute Gasteiger partial charge is 0.161 e. The van der Waals surface area contributed by atoms with Gasteiger partial charge in [0.1, 0.15) is 0 Å². The lowest BCUT2D eigenvalue weighted by molar-refractivity contribution is 0.355. The summed E-state index contributed by atoms with van der Waals surface area (Å²) in [4.78, 5) is 9.05. The van der Waals surface area contributed by atoms with Crippen LogP contribution in [0.1, 0.15) is 0 Å². The first-order chi connectivity index (χ1) is 12.7. The Morgan fingerprint density at radius 1 is 0.538 bits per heavy atom. The SMILES string of the molecule is COc1ccc(-c2cnc(-c3ccc(OC)c(OC)c3)cn2)cc1OC.